The van der Waals surface area contributed by atoms with E-state index in [1.54, 1.807) is 0 Å². The maximum Gasteiger partial charge on any atom is 0.0346 e. The van der Waals surface area contributed by atoms with Crippen molar-refractivity contribution < 1.29 is 0 Å². The predicted molar refractivity (Wildman–Crippen MR) is 79.1 cm³/mol. The van der Waals surface area contributed by atoms with Gasteiger partial charge in [0.15, 0.2) is 0 Å². The third-order valence-corrected chi connectivity index (χ3v) is 3.61. The zero-order valence-electron chi connectivity index (χ0n) is 10.2. The van der Waals surface area contributed by atoms with Crippen LogP contribution in [0.1, 0.15) is 12.5 Å². The van der Waals surface area contributed by atoms with Crippen LogP contribution in [0.15, 0.2) is 29.6 Å². The van der Waals surface area contributed by atoms with E-state index in [1.807, 2.05) is 18.3 Å². The van der Waals surface area contributed by atoms with Gasteiger partial charge in [0.05, 0.1) is 0 Å². The van der Waals surface area contributed by atoms with Crippen molar-refractivity contribution in [3.63, 3.8) is 0 Å². The Balaban J connectivity index is 0.00000144. The average molecular weight is 271 g/mol. The number of nitrogens with zero attached hydrogens (tertiary/aromatic N) is 1. The zero-order valence-corrected chi connectivity index (χ0v) is 11.9. The predicted octanol–water partition coefficient (Wildman–Crippen LogP) is 3.10. The van der Waals surface area contributed by atoms with Gasteiger partial charge in [0, 0.05) is 23.8 Å². The highest BCUT2D eigenvalue weighted by Gasteiger charge is 2.07. The molecule has 0 radical (unpaired) electrons. The lowest BCUT2D eigenvalue weighted by molar-refractivity contribution is 0.311. The lowest BCUT2D eigenvalue weighted by Gasteiger charge is -2.18. The summed E-state index contributed by atoms with van der Waals surface area (Å²) >= 11 is 1.82. The molecule has 4 heteroatoms. The summed E-state index contributed by atoms with van der Waals surface area (Å²) in [4.78, 5) is 2.28. The van der Waals surface area contributed by atoms with Crippen molar-refractivity contribution in [3.8, 4) is 0 Å². The standard InChI is InChI=1S/C13H18N2S.ClH/c1-10(14)7-15(2)8-11-9-16-13-6-4-3-5-12(11)13;/h3-6,9-10H,7-8,14H2,1-2H3;1H. The van der Waals surface area contributed by atoms with E-state index in [0.29, 0.717) is 0 Å². The van der Waals surface area contributed by atoms with Crippen LogP contribution in [0.4, 0.5) is 0 Å². The molecule has 1 aromatic heterocycles. The fourth-order valence-electron chi connectivity index (χ4n) is 2.00. The third kappa shape index (κ3) is 3.68. The SMILES string of the molecule is CC(N)CN(C)Cc1csc2ccccc12.Cl. The molecule has 0 fully saturated rings. The molecular weight excluding hydrogens is 252 g/mol. The van der Waals surface area contributed by atoms with Gasteiger partial charge in [0.2, 0.25) is 0 Å². The molecule has 0 bridgehead atoms. The van der Waals surface area contributed by atoms with Gasteiger partial charge in [0.1, 0.15) is 0 Å². The van der Waals surface area contributed by atoms with Crippen LogP contribution in [0, 0.1) is 0 Å². The first-order valence-electron chi connectivity index (χ1n) is 5.56. The second-order valence-electron chi connectivity index (χ2n) is 4.43. The van der Waals surface area contributed by atoms with Gasteiger partial charge in [-0.05, 0) is 36.4 Å². The minimum absolute atomic E-state index is 0. The van der Waals surface area contributed by atoms with Crippen LogP contribution >= 0.6 is 23.7 Å². The van der Waals surface area contributed by atoms with Gasteiger partial charge in [-0.15, -0.1) is 23.7 Å². The Morgan fingerprint density at radius 3 is 2.76 bits per heavy atom. The maximum atomic E-state index is 5.80. The van der Waals surface area contributed by atoms with E-state index >= 15 is 0 Å². The monoisotopic (exact) mass is 270 g/mol. The number of fused-ring (bicyclic) bond motifs is 1. The van der Waals surface area contributed by atoms with Crippen LogP contribution in [-0.2, 0) is 6.54 Å². The summed E-state index contributed by atoms with van der Waals surface area (Å²) in [6.07, 6.45) is 0. The number of thiophene rings is 1. The average Bonchev–Trinajstić information content (AvgIpc) is 2.61. The van der Waals surface area contributed by atoms with Gasteiger partial charge in [-0.2, -0.15) is 0 Å². The molecule has 2 aromatic rings. The van der Waals surface area contributed by atoms with E-state index in [1.165, 1.54) is 15.6 Å². The number of hydrogen-bond donors (Lipinski definition) is 1. The number of rotatable bonds is 4. The van der Waals surface area contributed by atoms with Crippen molar-refractivity contribution in [2.75, 3.05) is 13.6 Å². The summed E-state index contributed by atoms with van der Waals surface area (Å²) in [6, 6.07) is 8.80. The molecular formula is C13H19ClN2S. The van der Waals surface area contributed by atoms with E-state index in [9.17, 15) is 0 Å². The molecule has 0 spiro atoms. The van der Waals surface area contributed by atoms with Crippen molar-refractivity contribution in [2.45, 2.75) is 19.5 Å². The fourth-order valence-corrected chi connectivity index (χ4v) is 2.96. The highest BCUT2D eigenvalue weighted by molar-refractivity contribution is 7.17. The van der Waals surface area contributed by atoms with E-state index in [2.05, 4.69) is 41.6 Å². The summed E-state index contributed by atoms with van der Waals surface area (Å²) in [5.41, 5.74) is 7.20. The molecule has 2 rings (SSSR count). The molecule has 1 heterocycles. The van der Waals surface area contributed by atoms with Crippen LogP contribution < -0.4 is 5.73 Å². The summed E-state index contributed by atoms with van der Waals surface area (Å²) < 4.78 is 1.37. The van der Waals surface area contributed by atoms with Crippen molar-refractivity contribution in [2.24, 2.45) is 5.73 Å². The number of likely N-dealkylation sites (N-methyl/N-ethyl adjacent to an activating group) is 1. The molecule has 17 heavy (non-hydrogen) atoms. The molecule has 1 unspecified atom stereocenters. The maximum absolute atomic E-state index is 5.80. The molecule has 94 valence electrons. The summed E-state index contributed by atoms with van der Waals surface area (Å²) in [5, 5.41) is 3.63. The van der Waals surface area contributed by atoms with Crippen molar-refractivity contribution in [1.82, 2.24) is 4.90 Å². The largest absolute Gasteiger partial charge is 0.327 e. The second kappa shape index (κ2) is 6.36. The second-order valence-corrected chi connectivity index (χ2v) is 5.34. The lowest BCUT2D eigenvalue weighted by Crippen LogP contribution is -2.32. The Morgan fingerprint density at radius 1 is 1.35 bits per heavy atom. The normalized spacial score (nSPS) is 12.7. The number of hydrogen-bond acceptors (Lipinski definition) is 3. The van der Waals surface area contributed by atoms with E-state index in [-0.39, 0.29) is 18.4 Å². The highest BCUT2D eigenvalue weighted by atomic mass is 35.5. The van der Waals surface area contributed by atoms with Crippen molar-refractivity contribution >= 4 is 33.8 Å². The fraction of sp³-hybridized carbons (Fsp3) is 0.385. The molecule has 0 saturated heterocycles. The summed E-state index contributed by atoms with van der Waals surface area (Å²) in [5.74, 6) is 0. The van der Waals surface area contributed by atoms with Gasteiger partial charge in [-0.1, -0.05) is 18.2 Å². The van der Waals surface area contributed by atoms with Crippen LogP contribution in [0.3, 0.4) is 0 Å². The van der Waals surface area contributed by atoms with Gasteiger partial charge in [-0.3, -0.25) is 0 Å². The molecule has 0 amide bonds. The Labute approximate surface area is 113 Å². The molecule has 2 N–H and O–H groups in total. The summed E-state index contributed by atoms with van der Waals surface area (Å²) in [7, 11) is 2.12. The number of nitrogens with two attached hydrogens (primary N) is 1. The molecule has 0 aliphatic carbocycles. The Hall–Kier alpha value is -0.610. The van der Waals surface area contributed by atoms with Crippen molar-refractivity contribution in [1.29, 1.82) is 0 Å². The molecule has 1 atom stereocenters. The quantitative estimate of drug-likeness (QED) is 0.925. The van der Waals surface area contributed by atoms with Crippen molar-refractivity contribution in [3.05, 3.63) is 35.2 Å². The topological polar surface area (TPSA) is 29.3 Å². The minimum Gasteiger partial charge on any atom is -0.327 e. The van der Waals surface area contributed by atoms with Crippen LogP contribution in [0.2, 0.25) is 0 Å². The summed E-state index contributed by atoms with van der Waals surface area (Å²) in [6.45, 7) is 3.96. The lowest BCUT2D eigenvalue weighted by atomic mass is 10.1. The molecule has 0 saturated carbocycles. The first kappa shape index (κ1) is 14.5. The molecule has 2 nitrogen and oxygen atoms in total. The zero-order chi connectivity index (χ0) is 11.5. The van der Waals surface area contributed by atoms with Crippen LogP contribution in [0.25, 0.3) is 10.1 Å². The first-order chi connectivity index (χ1) is 7.66. The Morgan fingerprint density at radius 2 is 2.06 bits per heavy atom. The third-order valence-electron chi connectivity index (χ3n) is 2.60. The van der Waals surface area contributed by atoms with Gasteiger partial charge in [-0.25, -0.2) is 0 Å². The first-order valence-corrected chi connectivity index (χ1v) is 6.44. The number of benzene rings is 1. The van der Waals surface area contributed by atoms with E-state index < -0.39 is 0 Å². The van der Waals surface area contributed by atoms with Gasteiger partial charge >= 0.3 is 0 Å². The smallest absolute Gasteiger partial charge is 0.0346 e. The van der Waals surface area contributed by atoms with E-state index in [0.717, 1.165) is 13.1 Å². The number of halogens is 1. The Kier molecular flexibility index (Phi) is 5.40. The molecule has 1 aromatic carbocycles. The molecule has 0 aliphatic rings. The van der Waals surface area contributed by atoms with E-state index in [4.69, 9.17) is 5.73 Å². The van der Waals surface area contributed by atoms with Gasteiger partial charge < -0.3 is 10.6 Å². The molecule has 0 aliphatic heterocycles. The highest BCUT2D eigenvalue weighted by Crippen LogP contribution is 2.26. The minimum atomic E-state index is 0. The van der Waals surface area contributed by atoms with Crippen LogP contribution in [-0.4, -0.2) is 24.5 Å². The Bertz CT molecular complexity index is 467. The van der Waals surface area contributed by atoms with Gasteiger partial charge in [0.25, 0.3) is 0 Å². The van der Waals surface area contributed by atoms with Crippen LogP contribution in [0.5, 0.6) is 0 Å².